The van der Waals surface area contributed by atoms with Crippen LogP contribution in [0.3, 0.4) is 0 Å². The third-order valence-corrected chi connectivity index (χ3v) is 6.33. The molecule has 0 amide bonds. The van der Waals surface area contributed by atoms with E-state index in [-0.39, 0.29) is 0 Å². The fraction of sp³-hybridized carbons (Fsp3) is 1.00. The average molecular weight is 287 g/mol. The van der Waals surface area contributed by atoms with E-state index in [0.717, 1.165) is 18.8 Å². The monoisotopic (exact) mass is 287 g/mol. The fourth-order valence-electron chi connectivity index (χ4n) is 3.81. The Kier molecular flexibility index (Phi) is 3.86. The Labute approximate surface area is 116 Å². The summed E-state index contributed by atoms with van der Waals surface area (Å²) in [7, 11) is -2.99. The molecule has 0 saturated carbocycles. The molecule has 2 bridgehead atoms. The summed E-state index contributed by atoms with van der Waals surface area (Å²) in [5.41, 5.74) is 0. The number of piperidine rings is 4. The van der Waals surface area contributed by atoms with Crippen molar-refractivity contribution in [3.8, 4) is 0 Å². The van der Waals surface area contributed by atoms with E-state index >= 15 is 0 Å². The topological polar surface area (TPSA) is 52.7 Å². The minimum absolute atomic E-state index is 0.503. The highest BCUT2D eigenvalue weighted by atomic mass is 32.2. The summed E-state index contributed by atoms with van der Waals surface area (Å²) in [6.07, 6.45) is 5.89. The van der Waals surface area contributed by atoms with Crippen LogP contribution in [0, 0.1) is 5.92 Å². The van der Waals surface area contributed by atoms with E-state index in [4.69, 9.17) is 0 Å². The zero-order valence-electron chi connectivity index (χ0n) is 11.7. The van der Waals surface area contributed by atoms with Crippen LogP contribution in [0.15, 0.2) is 0 Å². The molecule has 0 aliphatic carbocycles. The smallest absolute Gasteiger partial charge is 0.211 e. The van der Waals surface area contributed by atoms with E-state index in [1.165, 1.54) is 38.7 Å². The van der Waals surface area contributed by atoms with Crippen molar-refractivity contribution < 1.29 is 8.42 Å². The second kappa shape index (κ2) is 5.31. The van der Waals surface area contributed by atoms with Crippen LogP contribution in [0.25, 0.3) is 0 Å². The molecule has 6 heteroatoms. The van der Waals surface area contributed by atoms with Gasteiger partial charge in [-0.3, -0.25) is 0 Å². The molecule has 0 aromatic heterocycles. The molecule has 0 aromatic rings. The Bertz CT molecular complexity index is 410. The lowest BCUT2D eigenvalue weighted by atomic mass is 9.83. The third-order valence-electron chi connectivity index (χ3n) is 5.03. The van der Waals surface area contributed by atoms with Gasteiger partial charge >= 0.3 is 0 Å². The number of nitrogens with zero attached hydrogens (tertiary/aromatic N) is 2. The third kappa shape index (κ3) is 3.12. The van der Waals surface area contributed by atoms with Crippen LogP contribution >= 0.6 is 0 Å². The molecule has 110 valence electrons. The van der Waals surface area contributed by atoms with Crippen LogP contribution in [0.4, 0.5) is 0 Å². The van der Waals surface area contributed by atoms with Gasteiger partial charge in [-0.2, -0.15) is 0 Å². The maximum atomic E-state index is 11.5. The van der Waals surface area contributed by atoms with Crippen LogP contribution in [-0.2, 0) is 10.0 Å². The molecule has 4 aliphatic heterocycles. The lowest BCUT2D eigenvalue weighted by molar-refractivity contribution is 0.0630. The first-order chi connectivity index (χ1) is 9.02. The summed E-state index contributed by atoms with van der Waals surface area (Å²) in [5.74, 6) is 0.845. The second-order valence-electron chi connectivity index (χ2n) is 6.35. The van der Waals surface area contributed by atoms with E-state index in [9.17, 15) is 8.42 Å². The van der Waals surface area contributed by atoms with Gasteiger partial charge < -0.3 is 10.2 Å². The fourth-order valence-corrected chi connectivity index (χ4v) is 4.68. The molecule has 4 aliphatic rings. The van der Waals surface area contributed by atoms with Gasteiger partial charge in [0.25, 0.3) is 0 Å². The number of nitrogens with one attached hydrogen (secondary N) is 1. The Morgan fingerprint density at radius 2 is 1.63 bits per heavy atom. The summed E-state index contributed by atoms with van der Waals surface area (Å²) in [6.45, 7) is 5.09. The molecule has 19 heavy (non-hydrogen) atoms. The van der Waals surface area contributed by atoms with Crippen molar-refractivity contribution in [2.45, 2.75) is 37.8 Å². The van der Waals surface area contributed by atoms with Crippen LogP contribution in [0.5, 0.6) is 0 Å². The zero-order chi connectivity index (χ0) is 13.5. The Morgan fingerprint density at radius 3 is 2.11 bits per heavy atom. The summed E-state index contributed by atoms with van der Waals surface area (Å²) < 4.78 is 24.6. The van der Waals surface area contributed by atoms with E-state index < -0.39 is 10.0 Å². The Morgan fingerprint density at radius 1 is 1.00 bits per heavy atom. The van der Waals surface area contributed by atoms with Gasteiger partial charge in [-0.15, -0.1) is 0 Å². The summed E-state index contributed by atoms with van der Waals surface area (Å²) in [4.78, 5) is 2.56. The molecule has 4 heterocycles. The Hall–Kier alpha value is -0.170. The Balaban J connectivity index is 1.50. The molecule has 4 rings (SSSR count). The van der Waals surface area contributed by atoms with Crippen molar-refractivity contribution in [2.75, 3.05) is 39.0 Å². The quantitative estimate of drug-likeness (QED) is 0.799. The predicted molar refractivity (Wildman–Crippen MR) is 75.5 cm³/mol. The molecule has 0 aromatic carbocycles. The van der Waals surface area contributed by atoms with Gasteiger partial charge in [0.2, 0.25) is 10.0 Å². The molecule has 4 saturated heterocycles. The van der Waals surface area contributed by atoms with Crippen molar-refractivity contribution in [1.29, 1.82) is 0 Å². The van der Waals surface area contributed by atoms with Gasteiger partial charge in [0, 0.05) is 31.7 Å². The summed E-state index contributed by atoms with van der Waals surface area (Å²) >= 11 is 0. The van der Waals surface area contributed by atoms with Crippen LogP contribution in [0.2, 0.25) is 0 Å². The molecule has 1 atom stereocenters. The number of fused-ring (bicyclic) bond motifs is 3. The lowest BCUT2D eigenvalue weighted by Gasteiger charge is -2.47. The van der Waals surface area contributed by atoms with E-state index in [0.29, 0.717) is 25.2 Å². The maximum Gasteiger partial charge on any atom is 0.211 e. The number of rotatable bonds is 3. The largest absolute Gasteiger partial charge is 0.310 e. The van der Waals surface area contributed by atoms with Gasteiger partial charge in [-0.25, -0.2) is 12.7 Å². The highest BCUT2D eigenvalue weighted by Crippen LogP contribution is 2.28. The predicted octanol–water partition coefficient (Wildman–Crippen LogP) is 0.0942. The van der Waals surface area contributed by atoms with E-state index in [2.05, 4.69) is 10.2 Å². The van der Waals surface area contributed by atoms with Gasteiger partial charge in [-0.1, -0.05) is 0 Å². The van der Waals surface area contributed by atoms with Crippen molar-refractivity contribution in [1.82, 2.24) is 14.5 Å². The molecule has 4 fully saturated rings. The number of hydrogen-bond donors (Lipinski definition) is 1. The molecule has 1 unspecified atom stereocenters. The minimum atomic E-state index is -2.99. The first kappa shape index (κ1) is 13.8. The summed E-state index contributed by atoms with van der Waals surface area (Å²) in [5, 5.41) is 3.80. The molecule has 5 nitrogen and oxygen atoms in total. The van der Waals surface area contributed by atoms with Crippen molar-refractivity contribution in [3.63, 3.8) is 0 Å². The lowest BCUT2D eigenvalue weighted by Crippen LogP contribution is -2.59. The number of sulfonamides is 1. The summed E-state index contributed by atoms with van der Waals surface area (Å²) in [6, 6.07) is 1.14. The zero-order valence-corrected chi connectivity index (χ0v) is 12.5. The van der Waals surface area contributed by atoms with E-state index in [1.54, 1.807) is 4.31 Å². The highest BCUT2D eigenvalue weighted by molar-refractivity contribution is 7.88. The molecular formula is C13H25N3O2S. The van der Waals surface area contributed by atoms with Gasteiger partial charge in [0.15, 0.2) is 0 Å². The maximum absolute atomic E-state index is 11.5. The van der Waals surface area contributed by atoms with Gasteiger partial charge in [-0.05, 0) is 44.7 Å². The molecule has 0 radical (unpaired) electrons. The van der Waals surface area contributed by atoms with Gasteiger partial charge in [0.05, 0.1) is 6.26 Å². The second-order valence-corrected chi connectivity index (χ2v) is 8.33. The molecule has 0 spiro atoms. The standard InChI is InChI=1S/C13H25N3O2S/c1-19(17,18)16-8-4-12(5-9-16)14-13-10-15-6-2-11(13)3-7-15/h11-14H,2-10H2,1H3. The van der Waals surface area contributed by atoms with Crippen LogP contribution in [-0.4, -0.2) is 68.7 Å². The highest BCUT2D eigenvalue weighted by Gasteiger charge is 2.35. The van der Waals surface area contributed by atoms with Crippen molar-refractivity contribution >= 4 is 10.0 Å². The van der Waals surface area contributed by atoms with Crippen molar-refractivity contribution in [3.05, 3.63) is 0 Å². The average Bonchev–Trinajstić information content (AvgIpc) is 2.40. The van der Waals surface area contributed by atoms with Crippen LogP contribution < -0.4 is 5.32 Å². The SMILES string of the molecule is CS(=O)(=O)N1CCC(NC2CN3CCC2CC3)CC1. The van der Waals surface area contributed by atoms with Crippen molar-refractivity contribution in [2.24, 2.45) is 5.92 Å². The van der Waals surface area contributed by atoms with E-state index in [1.807, 2.05) is 0 Å². The first-order valence-corrected chi connectivity index (χ1v) is 9.31. The molecular weight excluding hydrogens is 262 g/mol. The minimum Gasteiger partial charge on any atom is -0.310 e. The van der Waals surface area contributed by atoms with Crippen LogP contribution in [0.1, 0.15) is 25.7 Å². The van der Waals surface area contributed by atoms with Gasteiger partial charge in [0.1, 0.15) is 0 Å². The first-order valence-electron chi connectivity index (χ1n) is 7.46. The number of hydrogen-bond acceptors (Lipinski definition) is 4. The normalized spacial score (nSPS) is 37.6. The molecule has 1 N–H and O–H groups in total.